The maximum atomic E-state index is 12.4. The molecule has 1 aliphatic rings. The van der Waals surface area contributed by atoms with Crippen LogP contribution in [-0.2, 0) is 9.53 Å². The number of carbonyl (C=O) groups excluding carboxylic acids is 2. The van der Waals surface area contributed by atoms with Gasteiger partial charge in [-0.1, -0.05) is 13.0 Å². The average Bonchev–Trinajstić information content (AvgIpc) is 2.49. The van der Waals surface area contributed by atoms with Gasteiger partial charge >= 0.3 is 0 Å². The first-order valence-corrected chi connectivity index (χ1v) is 6.55. The number of rotatable bonds is 4. The second kappa shape index (κ2) is 6.43. The Kier molecular flexibility index (Phi) is 4.63. The number of hydrogen-bond acceptors (Lipinski definition) is 4. The van der Waals surface area contributed by atoms with Crippen molar-refractivity contribution in [2.75, 3.05) is 26.3 Å². The van der Waals surface area contributed by atoms with Crippen molar-refractivity contribution in [1.29, 1.82) is 0 Å². The molecule has 1 aliphatic heterocycles. The summed E-state index contributed by atoms with van der Waals surface area (Å²) in [5.74, 6) is -0.936. The number of nitrogens with zero attached hydrogens (tertiary/aromatic N) is 2. The van der Waals surface area contributed by atoms with E-state index in [-0.39, 0.29) is 11.7 Å². The van der Waals surface area contributed by atoms with Crippen molar-refractivity contribution in [2.24, 2.45) is 5.92 Å². The maximum Gasteiger partial charge on any atom is 0.233 e. The number of aromatic nitrogens is 1. The highest BCUT2D eigenvalue weighted by Crippen LogP contribution is 2.15. The van der Waals surface area contributed by atoms with Crippen molar-refractivity contribution >= 4 is 11.7 Å². The van der Waals surface area contributed by atoms with Crippen LogP contribution in [0.1, 0.15) is 23.8 Å². The molecule has 5 nitrogen and oxygen atoms in total. The Morgan fingerprint density at radius 3 is 2.68 bits per heavy atom. The monoisotopic (exact) mass is 262 g/mol. The first-order valence-electron chi connectivity index (χ1n) is 6.55. The Bertz CT molecular complexity index is 441. The third-order valence-electron chi connectivity index (χ3n) is 3.26. The molecule has 102 valence electrons. The van der Waals surface area contributed by atoms with E-state index in [2.05, 4.69) is 4.98 Å². The number of pyridine rings is 1. The molecule has 0 radical (unpaired) electrons. The molecule has 5 heteroatoms. The van der Waals surface area contributed by atoms with Crippen LogP contribution in [0.2, 0.25) is 0 Å². The number of ether oxygens (including phenoxy) is 1. The lowest BCUT2D eigenvalue weighted by molar-refractivity contribution is -0.138. The molecule has 1 atom stereocenters. The smallest absolute Gasteiger partial charge is 0.233 e. The van der Waals surface area contributed by atoms with E-state index in [1.807, 2.05) is 6.92 Å². The van der Waals surface area contributed by atoms with Crippen LogP contribution in [-0.4, -0.2) is 47.9 Å². The Hall–Kier alpha value is -1.75. The molecule has 1 aromatic rings. The first-order chi connectivity index (χ1) is 9.24. The van der Waals surface area contributed by atoms with Crippen molar-refractivity contribution < 1.29 is 14.3 Å². The van der Waals surface area contributed by atoms with Gasteiger partial charge in [-0.25, -0.2) is 0 Å². The van der Waals surface area contributed by atoms with Crippen LogP contribution in [0.3, 0.4) is 0 Å². The third kappa shape index (κ3) is 3.17. The maximum absolute atomic E-state index is 12.4. The Labute approximate surface area is 112 Å². The van der Waals surface area contributed by atoms with Crippen LogP contribution < -0.4 is 0 Å². The van der Waals surface area contributed by atoms with Crippen molar-refractivity contribution in [3.63, 3.8) is 0 Å². The lowest BCUT2D eigenvalue weighted by Gasteiger charge is -2.29. The van der Waals surface area contributed by atoms with Crippen molar-refractivity contribution in [3.8, 4) is 0 Å². The molecule has 2 heterocycles. The van der Waals surface area contributed by atoms with Crippen LogP contribution in [0.5, 0.6) is 0 Å². The number of carbonyl (C=O) groups is 2. The van der Waals surface area contributed by atoms with E-state index in [0.29, 0.717) is 38.4 Å². The zero-order valence-electron chi connectivity index (χ0n) is 11.0. The summed E-state index contributed by atoms with van der Waals surface area (Å²) >= 11 is 0. The largest absolute Gasteiger partial charge is 0.378 e. The summed E-state index contributed by atoms with van der Waals surface area (Å²) in [6.45, 7) is 4.05. The number of morpholine rings is 1. The van der Waals surface area contributed by atoms with E-state index in [1.54, 1.807) is 29.3 Å². The zero-order chi connectivity index (χ0) is 13.7. The fourth-order valence-electron chi connectivity index (χ4n) is 2.16. The second-order valence-corrected chi connectivity index (χ2v) is 4.48. The Morgan fingerprint density at radius 1 is 1.37 bits per heavy atom. The fourth-order valence-corrected chi connectivity index (χ4v) is 2.16. The van der Waals surface area contributed by atoms with Crippen molar-refractivity contribution in [1.82, 2.24) is 9.88 Å². The van der Waals surface area contributed by atoms with E-state index in [9.17, 15) is 9.59 Å². The van der Waals surface area contributed by atoms with Gasteiger partial charge in [0.2, 0.25) is 5.91 Å². The van der Waals surface area contributed by atoms with Gasteiger partial charge in [-0.3, -0.25) is 14.6 Å². The van der Waals surface area contributed by atoms with Gasteiger partial charge in [0, 0.05) is 19.3 Å². The molecule has 0 saturated carbocycles. The highest BCUT2D eigenvalue weighted by atomic mass is 16.5. The molecule has 0 aromatic carbocycles. The second-order valence-electron chi connectivity index (χ2n) is 4.48. The summed E-state index contributed by atoms with van der Waals surface area (Å²) in [6, 6.07) is 5.16. The first kappa shape index (κ1) is 13.7. The molecule has 19 heavy (non-hydrogen) atoms. The summed E-state index contributed by atoms with van der Waals surface area (Å²) in [6.07, 6.45) is 2.06. The van der Waals surface area contributed by atoms with Crippen LogP contribution in [0, 0.1) is 5.92 Å². The van der Waals surface area contributed by atoms with Gasteiger partial charge < -0.3 is 9.64 Å². The molecule has 0 aliphatic carbocycles. The van der Waals surface area contributed by atoms with Crippen LogP contribution >= 0.6 is 0 Å². The molecule has 1 fully saturated rings. The Balaban J connectivity index is 2.10. The molecule has 0 bridgehead atoms. The number of Topliss-reactive ketones (excluding diaryl/α,β-unsaturated/α-hetero) is 1. The van der Waals surface area contributed by atoms with Gasteiger partial charge in [-0.05, 0) is 18.6 Å². The van der Waals surface area contributed by atoms with Crippen LogP contribution in [0.25, 0.3) is 0 Å². The number of hydrogen-bond donors (Lipinski definition) is 0. The standard InChI is InChI=1S/C14H18N2O3/c1-2-11(13(17)12-5-3-4-6-15-12)14(18)16-7-9-19-10-8-16/h3-6,11H,2,7-10H2,1H3. The fraction of sp³-hybridized carbons (Fsp3) is 0.500. The molecular formula is C14H18N2O3. The summed E-state index contributed by atoms with van der Waals surface area (Å²) in [5.41, 5.74) is 0.357. The van der Waals surface area contributed by atoms with E-state index >= 15 is 0 Å². The predicted octanol–water partition coefficient (Wildman–Crippen LogP) is 1.15. The van der Waals surface area contributed by atoms with Gasteiger partial charge in [-0.2, -0.15) is 0 Å². The lowest BCUT2D eigenvalue weighted by Crippen LogP contribution is -2.45. The number of amides is 1. The molecule has 1 unspecified atom stereocenters. The van der Waals surface area contributed by atoms with Gasteiger partial charge in [0.15, 0.2) is 5.78 Å². The van der Waals surface area contributed by atoms with Gasteiger partial charge in [0.1, 0.15) is 11.6 Å². The van der Waals surface area contributed by atoms with Crippen molar-refractivity contribution in [3.05, 3.63) is 30.1 Å². The molecule has 0 N–H and O–H groups in total. The van der Waals surface area contributed by atoms with Gasteiger partial charge in [-0.15, -0.1) is 0 Å². The minimum atomic E-state index is -0.631. The molecule has 1 amide bonds. The highest BCUT2D eigenvalue weighted by molar-refractivity contribution is 6.09. The predicted molar refractivity (Wildman–Crippen MR) is 69.7 cm³/mol. The summed E-state index contributed by atoms with van der Waals surface area (Å²) in [7, 11) is 0. The normalized spacial score (nSPS) is 17.0. The Morgan fingerprint density at radius 2 is 2.11 bits per heavy atom. The topological polar surface area (TPSA) is 59.5 Å². The van der Waals surface area contributed by atoms with Crippen molar-refractivity contribution in [2.45, 2.75) is 13.3 Å². The average molecular weight is 262 g/mol. The van der Waals surface area contributed by atoms with E-state index < -0.39 is 5.92 Å². The number of ketones is 1. The molecule has 1 aromatic heterocycles. The highest BCUT2D eigenvalue weighted by Gasteiger charge is 2.31. The third-order valence-corrected chi connectivity index (χ3v) is 3.26. The quantitative estimate of drug-likeness (QED) is 0.603. The summed E-state index contributed by atoms with van der Waals surface area (Å²) in [5, 5.41) is 0. The molecule has 1 saturated heterocycles. The minimum absolute atomic E-state index is 0.110. The van der Waals surface area contributed by atoms with Crippen LogP contribution in [0.4, 0.5) is 0 Å². The van der Waals surface area contributed by atoms with Gasteiger partial charge in [0.25, 0.3) is 0 Å². The summed E-state index contributed by atoms with van der Waals surface area (Å²) in [4.78, 5) is 30.4. The van der Waals surface area contributed by atoms with E-state index in [1.165, 1.54) is 0 Å². The molecule has 2 rings (SSSR count). The van der Waals surface area contributed by atoms with Crippen LogP contribution in [0.15, 0.2) is 24.4 Å². The van der Waals surface area contributed by atoms with E-state index in [0.717, 1.165) is 0 Å². The summed E-state index contributed by atoms with van der Waals surface area (Å²) < 4.78 is 5.22. The molecular weight excluding hydrogens is 244 g/mol. The minimum Gasteiger partial charge on any atom is -0.378 e. The van der Waals surface area contributed by atoms with E-state index in [4.69, 9.17) is 4.74 Å². The molecule has 0 spiro atoms. The zero-order valence-corrected chi connectivity index (χ0v) is 11.0. The SMILES string of the molecule is CCC(C(=O)c1ccccn1)C(=O)N1CCOCC1. The lowest BCUT2D eigenvalue weighted by atomic mass is 9.96. The van der Waals surface area contributed by atoms with Gasteiger partial charge in [0.05, 0.1) is 13.2 Å².